The molecular formula is C24H24N6OS. The van der Waals surface area contributed by atoms with Gasteiger partial charge in [-0.3, -0.25) is 9.48 Å². The predicted molar refractivity (Wildman–Crippen MR) is 126 cm³/mol. The molecule has 0 radical (unpaired) electrons. The summed E-state index contributed by atoms with van der Waals surface area (Å²) in [4.78, 5) is 25.2. The first-order chi connectivity index (χ1) is 15.8. The maximum Gasteiger partial charge on any atom is 0.255 e. The van der Waals surface area contributed by atoms with E-state index in [0.717, 1.165) is 35.5 Å². The van der Waals surface area contributed by atoms with Crippen molar-refractivity contribution in [3.8, 4) is 10.6 Å². The number of amides is 1. The molecule has 0 aliphatic carbocycles. The third-order valence-corrected chi connectivity index (χ3v) is 6.42. The maximum atomic E-state index is 13.3. The first kappa shape index (κ1) is 20.4. The smallest absolute Gasteiger partial charge is 0.255 e. The zero-order valence-electron chi connectivity index (χ0n) is 17.6. The second kappa shape index (κ2) is 9.32. The molecule has 1 atom stereocenters. The number of thiophene rings is 1. The number of nitrogens with one attached hydrogen (secondary N) is 1. The zero-order valence-corrected chi connectivity index (χ0v) is 18.4. The summed E-state index contributed by atoms with van der Waals surface area (Å²) in [6, 6.07) is 16.0. The molecule has 0 bridgehead atoms. The van der Waals surface area contributed by atoms with E-state index in [1.54, 1.807) is 23.7 Å². The Morgan fingerprint density at radius 3 is 2.72 bits per heavy atom. The lowest BCUT2D eigenvalue weighted by Crippen LogP contribution is -2.48. The number of anilines is 1. The van der Waals surface area contributed by atoms with E-state index in [2.05, 4.69) is 32.3 Å². The Bertz CT molecular complexity index is 1160. The Hall–Kier alpha value is -3.52. The molecule has 3 aromatic heterocycles. The normalized spacial score (nSPS) is 16.1. The third kappa shape index (κ3) is 4.55. The Labute approximate surface area is 190 Å². The molecular weight excluding hydrogens is 420 g/mol. The number of piperidine rings is 1. The van der Waals surface area contributed by atoms with Crippen molar-refractivity contribution in [2.24, 2.45) is 0 Å². The SMILES string of the molecule is O=C(NC1CCCN(c2ncccn2)C1)c1cn(Cc2ccccc2)nc1-c1cccs1. The van der Waals surface area contributed by atoms with Crippen molar-refractivity contribution in [1.82, 2.24) is 25.1 Å². The highest BCUT2D eigenvalue weighted by Crippen LogP contribution is 2.27. The van der Waals surface area contributed by atoms with Crippen molar-refractivity contribution < 1.29 is 4.79 Å². The van der Waals surface area contributed by atoms with Gasteiger partial charge in [0.25, 0.3) is 5.91 Å². The standard InChI is InChI=1S/C24H24N6OS/c31-23(27-19-9-4-13-29(16-19)24-25-11-6-12-26-24)20-17-30(15-18-7-2-1-3-8-18)28-22(20)21-10-5-14-32-21/h1-3,5-8,10-12,14,17,19H,4,9,13,15-16H2,(H,27,31). The van der Waals surface area contributed by atoms with Crippen LogP contribution in [-0.4, -0.2) is 44.8 Å². The summed E-state index contributed by atoms with van der Waals surface area (Å²) >= 11 is 1.59. The molecule has 4 heterocycles. The molecule has 0 saturated carbocycles. The summed E-state index contributed by atoms with van der Waals surface area (Å²) in [5.74, 6) is 0.620. The molecule has 1 aliphatic heterocycles. The topological polar surface area (TPSA) is 75.9 Å². The average Bonchev–Trinajstić information content (AvgIpc) is 3.51. The summed E-state index contributed by atoms with van der Waals surface area (Å²) in [6.45, 7) is 2.21. The number of carbonyl (C=O) groups excluding carboxylic acids is 1. The van der Waals surface area contributed by atoms with Crippen molar-refractivity contribution in [2.45, 2.75) is 25.4 Å². The van der Waals surface area contributed by atoms with Crippen LogP contribution in [0.25, 0.3) is 10.6 Å². The molecule has 162 valence electrons. The molecule has 1 N–H and O–H groups in total. The Balaban J connectivity index is 1.35. The lowest BCUT2D eigenvalue weighted by atomic mass is 10.1. The monoisotopic (exact) mass is 444 g/mol. The summed E-state index contributed by atoms with van der Waals surface area (Å²) in [5, 5.41) is 10.00. The first-order valence-corrected chi connectivity index (χ1v) is 11.6. The summed E-state index contributed by atoms with van der Waals surface area (Å²) < 4.78 is 1.85. The van der Waals surface area contributed by atoms with Crippen LogP contribution in [0.5, 0.6) is 0 Å². The van der Waals surface area contributed by atoms with Crippen LogP contribution < -0.4 is 10.2 Å². The van der Waals surface area contributed by atoms with Crippen LogP contribution in [0.3, 0.4) is 0 Å². The summed E-state index contributed by atoms with van der Waals surface area (Å²) in [7, 11) is 0. The number of benzene rings is 1. The van der Waals surface area contributed by atoms with E-state index >= 15 is 0 Å². The van der Waals surface area contributed by atoms with Gasteiger partial charge in [0.15, 0.2) is 0 Å². The highest BCUT2D eigenvalue weighted by molar-refractivity contribution is 7.13. The fraction of sp³-hybridized carbons (Fsp3) is 0.250. The Morgan fingerprint density at radius 1 is 1.09 bits per heavy atom. The van der Waals surface area contributed by atoms with Crippen molar-refractivity contribution >= 4 is 23.2 Å². The zero-order chi connectivity index (χ0) is 21.8. The van der Waals surface area contributed by atoms with E-state index in [9.17, 15) is 4.79 Å². The van der Waals surface area contributed by atoms with Gasteiger partial charge in [0.05, 0.1) is 17.0 Å². The van der Waals surface area contributed by atoms with E-state index in [1.165, 1.54) is 0 Å². The van der Waals surface area contributed by atoms with Crippen molar-refractivity contribution in [1.29, 1.82) is 0 Å². The van der Waals surface area contributed by atoms with Gasteiger partial charge in [-0.2, -0.15) is 5.10 Å². The van der Waals surface area contributed by atoms with E-state index in [4.69, 9.17) is 5.10 Å². The van der Waals surface area contributed by atoms with Gasteiger partial charge < -0.3 is 10.2 Å². The van der Waals surface area contributed by atoms with Gasteiger partial charge in [-0.1, -0.05) is 36.4 Å². The van der Waals surface area contributed by atoms with Crippen LogP contribution in [0.4, 0.5) is 5.95 Å². The molecule has 1 aromatic carbocycles. The van der Waals surface area contributed by atoms with Gasteiger partial charge in [-0.15, -0.1) is 11.3 Å². The van der Waals surface area contributed by atoms with E-state index in [0.29, 0.717) is 24.6 Å². The van der Waals surface area contributed by atoms with Gasteiger partial charge >= 0.3 is 0 Å². The average molecular weight is 445 g/mol. The van der Waals surface area contributed by atoms with Crippen LogP contribution in [0.15, 0.2) is 72.5 Å². The summed E-state index contributed by atoms with van der Waals surface area (Å²) in [6.07, 6.45) is 7.27. The Kier molecular flexibility index (Phi) is 5.93. The second-order valence-electron chi connectivity index (χ2n) is 7.86. The number of hydrogen-bond donors (Lipinski definition) is 1. The fourth-order valence-electron chi connectivity index (χ4n) is 4.03. The van der Waals surface area contributed by atoms with Crippen molar-refractivity contribution in [3.63, 3.8) is 0 Å². The molecule has 32 heavy (non-hydrogen) atoms. The minimum absolute atomic E-state index is 0.0358. The number of hydrogen-bond acceptors (Lipinski definition) is 6. The largest absolute Gasteiger partial charge is 0.347 e. The van der Waals surface area contributed by atoms with Crippen molar-refractivity contribution in [2.75, 3.05) is 18.0 Å². The predicted octanol–water partition coefficient (Wildman–Crippen LogP) is 3.85. The number of aromatic nitrogens is 4. The molecule has 4 aromatic rings. The van der Waals surface area contributed by atoms with Gasteiger partial charge in [-0.25, -0.2) is 9.97 Å². The molecule has 1 amide bonds. The van der Waals surface area contributed by atoms with Crippen LogP contribution in [0.2, 0.25) is 0 Å². The van der Waals surface area contributed by atoms with Crippen molar-refractivity contribution in [3.05, 3.63) is 83.6 Å². The molecule has 1 fully saturated rings. The highest BCUT2D eigenvalue weighted by Gasteiger charge is 2.26. The van der Waals surface area contributed by atoms with E-state index in [-0.39, 0.29) is 11.9 Å². The minimum Gasteiger partial charge on any atom is -0.347 e. The number of carbonyl (C=O) groups is 1. The lowest BCUT2D eigenvalue weighted by Gasteiger charge is -2.33. The maximum absolute atomic E-state index is 13.3. The highest BCUT2D eigenvalue weighted by atomic mass is 32.1. The molecule has 8 heteroatoms. The molecule has 5 rings (SSSR count). The molecule has 1 aliphatic rings. The van der Waals surface area contributed by atoms with Crippen LogP contribution in [0, 0.1) is 0 Å². The fourth-order valence-corrected chi connectivity index (χ4v) is 4.75. The first-order valence-electron chi connectivity index (χ1n) is 10.7. The van der Waals surface area contributed by atoms with Crippen LogP contribution >= 0.6 is 11.3 Å². The van der Waals surface area contributed by atoms with Gasteiger partial charge in [0, 0.05) is 37.7 Å². The Morgan fingerprint density at radius 2 is 1.94 bits per heavy atom. The van der Waals surface area contributed by atoms with Gasteiger partial charge in [0.2, 0.25) is 5.95 Å². The van der Waals surface area contributed by atoms with Gasteiger partial charge in [-0.05, 0) is 35.9 Å². The van der Waals surface area contributed by atoms with E-state index in [1.807, 2.05) is 52.7 Å². The van der Waals surface area contributed by atoms with Crippen LogP contribution in [0.1, 0.15) is 28.8 Å². The molecule has 1 unspecified atom stereocenters. The second-order valence-corrected chi connectivity index (χ2v) is 8.81. The molecule has 0 spiro atoms. The van der Waals surface area contributed by atoms with E-state index < -0.39 is 0 Å². The van der Waals surface area contributed by atoms with Gasteiger partial charge in [0.1, 0.15) is 5.69 Å². The van der Waals surface area contributed by atoms with Crippen LogP contribution in [-0.2, 0) is 6.54 Å². The minimum atomic E-state index is -0.0893. The quantitative estimate of drug-likeness (QED) is 0.489. The summed E-state index contributed by atoms with van der Waals surface area (Å²) in [5.41, 5.74) is 2.48. The molecule has 7 nitrogen and oxygen atoms in total. The number of nitrogens with zero attached hydrogens (tertiary/aromatic N) is 5. The number of rotatable bonds is 6. The third-order valence-electron chi connectivity index (χ3n) is 5.54. The lowest BCUT2D eigenvalue weighted by molar-refractivity contribution is 0.0933. The molecule has 1 saturated heterocycles.